The lowest BCUT2D eigenvalue weighted by Crippen LogP contribution is -2.52. The SMILES string of the molecule is CN(C)c1cccc(S(=O)(=O)N(C[C@@H](O)[C@H](Cc2ccccc2)NC(=O)O[C@H]2CO[C@H]3OCC[C@H]32)CC(C)(C)CCC#N)c1. The van der Waals surface area contributed by atoms with Crippen molar-refractivity contribution in [3.63, 3.8) is 0 Å². The zero-order valence-electron chi connectivity index (χ0n) is 25.9. The minimum absolute atomic E-state index is 0.0487. The zero-order chi connectivity index (χ0) is 31.9. The third kappa shape index (κ3) is 8.70. The highest BCUT2D eigenvalue weighted by Gasteiger charge is 2.44. The highest BCUT2D eigenvalue weighted by atomic mass is 32.2. The van der Waals surface area contributed by atoms with Gasteiger partial charge in [0.1, 0.15) is 6.10 Å². The minimum atomic E-state index is -4.08. The number of nitrogens with one attached hydrogen (secondary N) is 1. The van der Waals surface area contributed by atoms with E-state index in [0.717, 1.165) is 12.0 Å². The molecule has 12 heteroatoms. The summed E-state index contributed by atoms with van der Waals surface area (Å²) in [4.78, 5) is 15.0. The number of hydrogen-bond donors (Lipinski definition) is 2. The molecule has 0 bridgehead atoms. The van der Waals surface area contributed by atoms with Crippen molar-refractivity contribution in [1.29, 1.82) is 5.26 Å². The first-order valence-corrected chi connectivity index (χ1v) is 16.4. The zero-order valence-corrected chi connectivity index (χ0v) is 26.7. The molecule has 0 spiro atoms. The standard InChI is InChI=1S/C32H44N4O7S/c1-32(2,15-9-16-33)22-36(44(39,40)25-13-8-12-24(19-25)35(3)4)20-28(37)27(18-23-10-6-5-7-11-23)34-31(38)43-29-21-42-30-26(29)14-17-41-30/h5-8,10-13,19,26-30,37H,9,14-15,17-18,20-22H2,1-4H3,(H,34,38)/t26-,27-,28+,29-,30+/m0/s1. The van der Waals surface area contributed by atoms with Crippen molar-refractivity contribution in [3.05, 3.63) is 60.2 Å². The average molecular weight is 629 g/mol. The molecular formula is C32H44N4O7S. The molecule has 11 nitrogen and oxygen atoms in total. The van der Waals surface area contributed by atoms with Crippen molar-refractivity contribution >= 4 is 21.8 Å². The molecule has 2 aromatic carbocycles. The van der Waals surface area contributed by atoms with Crippen LogP contribution in [0.2, 0.25) is 0 Å². The summed E-state index contributed by atoms with van der Waals surface area (Å²) in [5.74, 6) is -0.0487. The number of rotatable bonds is 14. The summed E-state index contributed by atoms with van der Waals surface area (Å²) in [6.45, 7) is 4.34. The number of fused-ring (bicyclic) bond motifs is 1. The summed E-state index contributed by atoms with van der Waals surface area (Å²) in [7, 11) is -0.428. The number of alkyl carbamates (subject to hydrolysis) is 1. The lowest BCUT2D eigenvalue weighted by atomic mass is 9.88. The van der Waals surface area contributed by atoms with Crippen LogP contribution in [0.4, 0.5) is 10.5 Å². The summed E-state index contributed by atoms with van der Waals surface area (Å²) in [6, 6.07) is 17.2. The summed E-state index contributed by atoms with van der Waals surface area (Å²) in [6.07, 6.45) is -1.15. The Bertz CT molecular complexity index is 1400. The number of benzene rings is 2. The van der Waals surface area contributed by atoms with Gasteiger partial charge in [0.05, 0.1) is 42.2 Å². The van der Waals surface area contributed by atoms with Gasteiger partial charge >= 0.3 is 6.09 Å². The largest absolute Gasteiger partial charge is 0.443 e. The lowest BCUT2D eigenvalue weighted by Gasteiger charge is -2.35. The van der Waals surface area contributed by atoms with Crippen molar-refractivity contribution < 1.29 is 32.5 Å². The molecule has 0 aliphatic carbocycles. The third-order valence-corrected chi connectivity index (χ3v) is 10.00. The van der Waals surface area contributed by atoms with Crippen molar-refractivity contribution in [2.24, 2.45) is 11.3 Å². The molecule has 0 saturated carbocycles. The molecular weight excluding hydrogens is 584 g/mol. The number of aliphatic hydroxyl groups excluding tert-OH is 1. The molecule has 2 fully saturated rings. The molecule has 240 valence electrons. The van der Waals surface area contributed by atoms with E-state index in [4.69, 9.17) is 14.2 Å². The number of nitriles is 1. The monoisotopic (exact) mass is 628 g/mol. The first-order valence-electron chi connectivity index (χ1n) is 15.0. The van der Waals surface area contributed by atoms with Crippen LogP contribution in [0.3, 0.4) is 0 Å². The smallest absolute Gasteiger partial charge is 0.407 e. The second-order valence-corrected chi connectivity index (χ2v) is 14.4. The molecule has 2 aliphatic heterocycles. The summed E-state index contributed by atoms with van der Waals surface area (Å²) in [5, 5.41) is 23.6. The van der Waals surface area contributed by atoms with Crippen LogP contribution in [0, 0.1) is 22.7 Å². The van der Waals surface area contributed by atoms with Crippen molar-refractivity contribution in [3.8, 4) is 6.07 Å². The number of amides is 1. The second kappa shape index (κ2) is 14.7. The first-order chi connectivity index (χ1) is 20.9. The summed E-state index contributed by atoms with van der Waals surface area (Å²) in [5.41, 5.74) is 1.01. The van der Waals surface area contributed by atoms with Gasteiger partial charge < -0.3 is 29.5 Å². The topological polar surface area (TPSA) is 141 Å². The quantitative estimate of drug-likeness (QED) is 0.321. The van der Waals surface area contributed by atoms with Crippen molar-refractivity contribution in [2.45, 2.75) is 69.0 Å². The normalized spacial score (nSPS) is 21.3. The molecule has 0 radical (unpaired) electrons. The molecule has 2 N–H and O–H groups in total. The average Bonchev–Trinajstić information content (AvgIpc) is 3.61. The molecule has 0 aromatic heterocycles. The Labute approximate surface area is 260 Å². The molecule has 5 atom stereocenters. The maximum Gasteiger partial charge on any atom is 0.407 e. The van der Waals surface area contributed by atoms with Gasteiger partial charge in [-0.15, -0.1) is 0 Å². The Kier molecular flexibility index (Phi) is 11.3. The predicted molar refractivity (Wildman–Crippen MR) is 165 cm³/mol. The van der Waals surface area contributed by atoms with Gasteiger partial charge in [-0.05, 0) is 48.4 Å². The van der Waals surface area contributed by atoms with Crippen LogP contribution in [-0.2, 0) is 30.7 Å². The van der Waals surface area contributed by atoms with Gasteiger partial charge in [0.15, 0.2) is 6.29 Å². The summed E-state index contributed by atoms with van der Waals surface area (Å²) >= 11 is 0. The number of sulfonamides is 1. The van der Waals surface area contributed by atoms with Gasteiger partial charge in [0, 0.05) is 39.3 Å². The Morgan fingerprint density at radius 1 is 1.18 bits per heavy atom. The fourth-order valence-electron chi connectivity index (χ4n) is 5.63. The van der Waals surface area contributed by atoms with Gasteiger partial charge in [0.25, 0.3) is 0 Å². The van der Waals surface area contributed by atoms with E-state index in [-0.39, 0.29) is 49.6 Å². The highest BCUT2D eigenvalue weighted by Crippen LogP contribution is 2.33. The van der Waals surface area contributed by atoms with E-state index >= 15 is 0 Å². The molecule has 4 rings (SSSR count). The maximum absolute atomic E-state index is 14.1. The van der Waals surface area contributed by atoms with E-state index in [9.17, 15) is 23.6 Å². The lowest BCUT2D eigenvalue weighted by molar-refractivity contribution is -0.0907. The van der Waals surface area contributed by atoms with Crippen LogP contribution in [0.1, 0.15) is 38.7 Å². The van der Waals surface area contributed by atoms with Crippen molar-refractivity contribution in [2.75, 3.05) is 45.3 Å². The summed E-state index contributed by atoms with van der Waals surface area (Å²) < 4.78 is 46.4. The molecule has 1 amide bonds. The number of anilines is 1. The van der Waals surface area contributed by atoms with Crippen molar-refractivity contribution in [1.82, 2.24) is 9.62 Å². The van der Waals surface area contributed by atoms with Crippen LogP contribution in [0.25, 0.3) is 0 Å². The Morgan fingerprint density at radius 2 is 1.93 bits per heavy atom. The number of aliphatic hydroxyl groups is 1. The fourth-order valence-corrected chi connectivity index (χ4v) is 7.31. The van der Waals surface area contributed by atoms with E-state index in [0.29, 0.717) is 18.7 Å². The van der Waals surface area contributed by atoms with Gasteiger partial charge in [-0.2, -0.15) is 9.57 Å². The molecule has 2 heterocycles. The van der Waals surface area contributed by atoms with Crippen LogP contribution >= 0.6 is 0 Å². The molecule has 2 aromatic rings. The number of nitrogens with zero attached hydrogens (tertiary/aromatic N) is 3. The predicted octanol–water partition coefficient (Wildman–Crippen LogP) is 3.53. The fraction of sp³-hybridized carbons (Fsp3) is 0.562. The molecule has 2 saturated heterocycles. The van der Waals surface area contributed by atoms with Gasteiger partial charge in [-0.1, -0.05) is 50.2 Å². The van der Waals surface area contributed by atoms with Gasteiger partial charge in [-0.25, -0.2) is 13.2 Å². The van der Waals surface area contributed by atoms with E-state index in [1.54, 1.807) is 12.1 Å². The molecule has 2 aliphatic rings. The Hall–Kier alpha value is -3.21. The van der Waals surface area contributed by atoms with Crippen LogP contribution in [0.5, 0.6) is 0 Å². The van der Waals surface area contributed by atoms with E-state index < -0.39 is 39.8 Å². The number of carbonyl (C=O) groups is 1. The van der Waals surface area contributed by atoms with E-state index in [1.165, 1.54) is 10.4 Å². The van der Waals surface area contributed by atoms with Crippen LogP contribution < -0.4 is 10.2 Å². The number of carbonyl (C=O) groups excluding carboxylic acids is 1. The third-order valence-electron chi connectivity index (χ3n) is 8.19. The van der Waals surface area contributed by atoms with Gasteiger partial charge in [0.2, 0.25) is 10.0 Å². The Balaban J connectivity index is 1.59. The Morgan fingerprint density at radius 3 is 2.64 bits per heavy atom. The van der Waals surface area contributed by atoms with Crippen LogP contribution in [0.15, 0.2) is 59.5 Å². The molecule has 0 unspecified atom stereocenters. The minimum Gasteiger partial charge on any atom is -0.443 e. The highest BCUT2D eigenvalue weighted by molar-refractivity contribution is 7.89. The molecule has 44 heavy (non-hydrogen) atoms. The van der Waals surface area contributed by atoms with E-state index in [1.807, 2.05) is 69.2 Å². The van der Waals surface area contributed by atoms with E-state index in [2.05, 4.69) is 11.4 Å². The number of hydrogen-bond acceptors (Lipinski definition) is 9. The second-order valence-electron chi connectivity index (χ2n) is 12.5. The number of ether oxygens (including phenoxy) is 3. The first kappa shape index (κ1) is 33.7. The van der Waals surface area contributed by atoms with Crippen LogP contribution in [-0.4, -0.2) is 88.9 Å². The maximum atomic E-state index is 14.1. The van der Waals surface area contributed by atoms with Gasteiger partial charge in [-0.3, -0.25) is 0 Å².